The molecule has 1 heterocycles. The number of amides is 1. The lowest BCUT2D eigenvalue weighted by atomic mass is 10.1. The number of rotatable bonds is 6. The van der Waals surface area contributed by atoms with Crippen molar-refractivity contribution >= 4 is 27.3 Å². The Morgan fingerprint density at radius 2 is 1.86 bits per heavy atom. The van der Waals surface area contributed by atoms with E-state index in [1.165, 1.54) is 23.5 Å². The Morgan fingerprint density at radius 1 is 1.14 bits per heavy atom. The predicted molar refractivity (Wildman–Crippen MR) is 111 cm³/mol. The molecule has 156 valence electrons. The number of nitrogens with zero attached hydrogens (tertiary/aromatic N) is 2. The lowest BCUT2D eigenvalue weighted by Gasteiger charge is -2.26. The van der Waals surface area contributed by atoms with Gasteiger partial charge in [-0.15, -0.1) is 0 Å². The van der Waals surface area contributed by atoms with E-state index in [1.54, 1.807) is 24.3 Å². The molecule has 0 aromatic heterocycles. The second kappa shape index (κ2) is 8.81. The van der Waals surface area contributed by atoms with Crippen LogP contribution in [0.2, 0.25) is 0 Å². The summed E-state index contributed by atoms with van der Waals surface area (Å²) in [6.07, 6.45) is 0. The van der Waals surface area contributed by atoms with Crippen LogP contribution in [-0.2, 0) is 14.8 Å². The van der Waals surface area contributed by atoms with Crippen molar-refractivity contribution in [3.8, 4) is 5.75 Å². The van der Waals surface area contributed by atoms with E-state index in [0.717, 1.165) is 5.69 Å². The summed E-state index contributed by atoms with van der Waals surface area (Å²) in [6, 6.07) is 11.6. The number of carbonyl (C=O) groups is 1. The highest BCUT2D eigenvalue weighted by atomic mass is 32.2. The number of benzene rings is 2. The minimum absolute atomic E-state index is 0.0949. The molecular weight excluding hydrogens is 394 g/mol. The highest BCUT2D eigenvalue weighted by molar-refractivity contribution is 7.89. The van der Waals surface area contributed by atoms with Crippen LogP contribution in [0.4, 0.5) is 11.4 Å². The average Bonchev–Trinajstić information content (AvgIpc) is 2.74. The van der Waals surface area contributed by atoms with E-state index in [-0.39, 0.29) is 10.8 Å². The lowest BCUT2D eigenvalue weighted by Crippen LogP contribution is -2.40. The molecule has 0 aliphatic carbocycles. The van der Waals surface area contributed by atoms with Crippen LogP contribution < -0.4 is 15.0 Å². The SMILES string of the molecule is COc1ccc(S(=O)(=O)N2CCOCC2)cc1NC(=O)c1cccc(N(C)C)c1. The first-order valence-electron chi connectivity index (χ1n) is 9.17. The van der Waals surface area contributed by atoms with Crippen LogP contribution in [0.15, 0.2) is 47.4 Å². The van der Waals surface area contributed by atoms with Gasteiger partial charge in [-0.1, -0.05) is 6.07 Å². The standard InChI is InChI=1S/C20H25N3O5S/c1-22(2)16-6-4-5-15(13-16)20(24)21-18-14-17(7-8-19(18)27-3)29(25,26)23-9-11-28-12-10-23/h4-8,13-14H,9-12H2,1-3H3,(H,21,24). The van der Waals surface area contributed by atoms with Crippen molar-refractivity contribution in [2.24, 2.45) is 0 Å². The van der Waals surface area contributed by atoms with Gasteiger partial charge in [-0.25, -0.2) is 8.42 Å². The highest BCUT2D eigenvalue weighted by Gasteiger charge is 2.27. The molecule has 1 amide bonds. The van der Waals surface area contributed by atoms with Gasteiger partial charge < -0.3 is 19.7 Å². The second-order valence-electron chi connectivity index (χ2n) is 6.78. The van der Waals surface area contributed by atoms with Crippen molar-refractivity contribution in [1.82, 2.24) is 4.31 Å². The smallest absolute Gasteiger partial charge is 0.255 e. The molecule has 0 spiro atoms. The monoisotopic (exact) mass is 419 g/mol. The van der Waals surface area contributed by atoms with Crippen LogP contribution in [-0.4, -0.2) is 66.1 Å². The number of nitrogens with one attached hydrogen (secondary N) is 1. The van der Waals surface area contributed by atoms with E-state index in [9.17, 15) is 13.2 Å². The zero-order valence-electron chi connectivity index (χ0n) is 16.7. The van der Waals surface area contributed by atoms with Crippen molar-refractivity contribution in [2.45, 2.75) is 4.90 Å². The van der Waals surface area contributed by atoms with Gasteiger partial charge in [-0.2, -0.15) is 4.31 Å². The second-order valence-corrected chi connectivity index (χ2v) is 8.72. The van der Waals surface area contributed by atoms with E-state index in [0.29, 0.717) is 43.3 Å². The summed E-state index contributed by atoms with van der Waals surface area (Å²) in [5, 5.41) is 2.77. The maximum Gasteiger partial charge on any atom is 0.255 e. The molecule has 1 fully saturated rings. The zero-order valence-corrected chi connectivity index (χ0v) is 17.5. The zero-order chi connectivity index (χ0) is 21.0. The molecule has 29 heavy (non-hydrogen) atoms. The molecule has 2 aromatic rings. The molecule has 9 heteroatoms. The molecule has 1 aliphatic rings. The number of sulfonamides is 1. The fourth-order valence-corrected chi connectivity index (χ4v) is 4.44. The molecule has 1 N–H and O–H groups in total. The number of hydrogen-bond donors (Lipinski definition) is 1. The quantitative estimate of drug-likeness (QED) is 0.771. The summed E-state index contributed by atoms with van der Waals surface area (Å²) in [5.74, 6) is 0.0240. The third-order valence-corrected chi connectivity index (χ3v) is 6.55. The summed E-state index contributed by atoms with van der Waals surface area (Å²) >= 11 is 0. The van der Waals surface area contributed by atoms with E-state index < -0.39 is 10.0 Å². The molecule has 0 unspecified atom stereocenters. The molecule has 2 aromatic carbocycles. The van der Waals surface area contributed by atoms with Crippen molar-refractivity contribution in [3.63, 3.8) is 0 Å². The summed E-state index contributed by atoms with van der Waals surface area (Å²) < 4.78 is 37.8. The van der Waals surface area contributed by atoms with Crippen LogP contribution in [0.5, 0.6) is 5.75 Å². The topological polar surface area (TPSA) is 88.2 Å². The molecule has 0 saturated carbocycles. The van der Waals surface area contributed by atoms with Crippen LogP contribution in [0.25, 0.3) is 0 Å². The average molecular weight is 420 g/mol. The van der Waals surface area contributed by atoms with Gasteiger partial charge in [0.15, 0.2) is 0 Å². The molecule has 0 atom stereocenters. The minimum Gasteiger partial charge on any atom is -0.495 e. The molecular formula is C20H25N3O5S. The Labute approximate surface area is 171 Å². The Hall–Kier alpha value is -2.62. The maximum absolute atomic E-state index is 12.9. The van der Waals surface area contributed by atoms with E-state index in [4.69, 9.17) is 9.47 Å². The summed E-state index contributed by atoms with van der Waals surface area (Å²) in [6.45, 7) is 1.32. The summed E-state index contributed by atoms with van der Waals surface area (Å²) in [4.78, 5) is 14.7. The van der Waals surface area contributed by atoms with Crippen LogP contribution in [0.3, 0.4) is 0 Å². The largest absolute Gasteiger partial charge is 0.495 e. The van der Waals surface area contributed by atoms with Gasteiger partial charge in [-0.05, 0) is 36.4 Å². The van der Waals surface area contributed by atoms with Gasteiger partial charge in [0.05, 0.1) is 30.9 Å². The first-order valence-corrected chi connectivity index (χ1v) is 10.6. The molecule has 1 aliphatic heterocycles. The fourth-order valence-electron chi connectivity index (χ4n) is 3.00. The van der Waals surface area contributed by atoms with Crippen molar-refractivity contribution in [1.29, 1.82) is 0 Å². The van der Waals surface area contributed by atoms with Gasteiger partial charge >= 0.3 is 0 Å². The number of ether oxygens (including phenoxy) is 2. The lowest BCUT2D eigenvalue weighted by molar-refractivity contribution is 0.0730. The number of morpholine rings is 1. The summed E-state index contributed by atoms with van der Waals surface area (Å²) in [7, 11) is 1.56. The van der Waals surface area contributed by atoms with Gasteiger partial charge in [0, 0.05) is 38.4 Å². The molecule has 0 radical (unpaired) electrons. The van der Waals surface area contributed by atoms with E-state index >= 15 is 0 Å². The third-order valence-electron chi connectivity index (χ3n) is 4.65. The fraction of sp³-hybridized carbons (Fsp3) is 0.350. The Bertz CT molecular complexity index is 985. The van der Waals surface area contributed by atoms with Gasteiger partial charge in [-0.3, -0.25) is 4.79 Å². The summed E-state index contributed by atoms with van der Waals surface area (Å²) in [5.41, 5.74) is 1.63. The van der Waals surface area contributed by atoms with Crippen molar-refractivity contribution < 1.29 is 22.7 Å². The minimum atomic E-state index is -3.69. The van der Waals surface area contributed by atoms with Gasteiger partial charge in [0.25, 0.3) is 5.91 Å². The van der Waals surface area contributed by atoms with Crippen molar-refractivity contribution in [2.75, 3.05) is 57.7 Å². The first kappa shape index (κ1) is 21.1. The molecule has 0 bridgehead atoms. The molecule has 3 rings (SSSR count). The Balaban J connectivity index is 1.89. The van der Waals surface area contributed by atoms with Gasteiger partial charge in [0.1, 0.15) is 5.75 Å². The number of hydrogen-bond acceptors (Lipinski definition) is 6. The van der Waals surface area contributed by atoms with E-state index in [2.05, 4.69) is 5.32 Å². The van der Waals surface area contributed by atoms with Gasteiger partial charge in [0.2, 0.25) is 10.0 Å². The number of anilines is 2. The Kier molecular flexibility index (Phi) is 6.41. The molecule has 1 saturated heterocycles. The predicted octanol–water partition coefficient (Wildman–Crippen LogP) is 2.03. The number of carbonyl (C=O) groups excluding carboxylic acids is 1. The molecule has 8 nitrogen and oxygen atoms in total. The Morgan fingerprint density at radius 3 is 2.52 bits per heavy atom. The number of methoxy groups -OCH3 is 1. The van der Waals surface area contributed by atoms with Crippen molar-refractivity contribution in [3.05, 3.63) is 48.0 Å². The maximum atomic E-state index is 12.9. The highest BCUT2D eigenvalue weighted by Crippen LogP contribution is 2.30. The first-order chi connectivity index (χ1) is 13.8. The third kappa shape index (κ3) is 4.69. The van der Waals surface area contributed by atoms with Crippen LogP contribution in [0.1, 0.15) is 10.4 Å². The van der Waals surface area contributed by atoms with Crippen LogP contribution >= 0.6 is 0 Å². The van der Waals surface area contributed by atoms with E-state index in [1.807, 2.05) is 25.1 Å². The van der Waals surface area contributed by atoms with Crippen LogP contribution in [0, 0.1) is 0 Å². The normalized spacial score (nSPS) is 15.0.